The number of aromatic nitrogens is 1. The highest BCUT2D eigenvalue weighted by Gasteiger charge is 2.10. The summed E-state index contributed by atoms with van der Waals surface area (Å²) in [5, 5.41) is 14.5. The Bertz CT molecular complexity index is 1210. The van der Waals surface area contributed by atoms with E-state index in [0.717, 1.165) is 39.4 Å². The number of nitrogens with zero attached hydrogens (tertiary/aromatic N) is 1. The Morgan fingerprint density at radius 1 is 0.964 bits per heavy atom. The number of nitriles is 1. The lowest BCUT2D eigenvalue weighted by atomic mass is 10.1. The van der Waals surface area contributed by atoms with Crippen molar-refractivity contribution in [1.82, 2.24) is 10.3 Å². The number of amides is 1. The Morgan fingerprint density at radius 2 is 1.71 bits per heavy atom. The molecule has 1 heterocycles. The molecule has 0 atom stereocenters. The molecule has 0 radical (unpaired) electrons. The molecule has 0 saturated heterocycles. The summed E-state index contributed by atoms with van der Waals surface area (Å²) in [5.74, 6) is -0.350. The molecule has 0 saturated carbocycles. The van der Waals surface area contributed by atoms with Crippen molar-refractivity contribution in [1.29, 1.82) is 5.26 Å². The van der Waals surface area contributed by atoms with E-state index in [4.69, 9.17) is 0 Å². The Morgan fingerprint density at radius 3 is 2.54 bits per heavy atom. The van der Waals surface area contributed by atoms with Crippen molar-refractivity contribution < 1.29 is 4.79 Å². The van der Waals surface area contributed by atoms with Crippen molar-refractivity contribution in [2.45, 2.75) is 6.42 Å². The smallest absolute Gasteiger partial charge is 0.261 e. The van der Waals surface area contributed by atoms with Crippen LogP contribution in [0, 0.1) is 11.3 Å². The monoisotopic (exact) mass is 365 g/mol. The maximum absolute atomic E-state index is 12.4. The van der Waals surface area contributed by atoms with Gasteiger partial charge in [0.15, 0.2) is 0 Å². The van der Waals surface area contributed by atoms with E-state index < -0.39 is 0 Å². The average Bonchev–Trinajstić information content (AvgIpc) is 3.10. The Kier molecular flexibility index (Phi) is 4.90. The third kappa shape index (κ3) is 3.65. The summed E-state index contributed by atoms with van der Waals surface area (Å²) in [7, 11) is 0. The first-order valence-electron chi connectivity index (χ1n) is 9.19. The van der Waals surface area contributed by atoms with Crippen molar-refractivity contribution in [3.8, 4) is 6.07 Å². The Balaban J connectivity index is 1.53. The number of fused-ring (bicyclic) bond motifs is 3. The van der Waals surface area contributed by atoms with Crippen LogP contribution < -0.4 is 5.32 Å². The summed E-state index contributed by atoms with van der Waals surface area (Å²) in [6, 6.07) is 25.9. The summed E-state index contributed by atoms with van der Waals surface area (Å²) >= 11 is 0. The number of hydrogen-bond donors (Lipinski definition) is 2. The molecule has 136 valence electrons. The van der Waals surface area contributed by atoms with Gasteiger partial charge in [0.05, 0.1) is 0 Å². The van der Waals surface area contributed by atoms with E-state index in [1.807, 2.05) is 72.8 Å². The van der Waals surface area contributed by atoms with Crippen LogP contribution in [0.5, 0.6) is 0 Å². The molecular weight excluding hydrogens is 346 g/mol. The average molecular weight is 365 g/mol. The molecule has 4 aromatic rings. The molecule has 0 aliphatic carbocycles. The third-order valence-electron chi connectivity index (χ3n) is 4.75. The van der Waals surface area contributed by atoms with Crippen molar-refractivity contribution in [3.05, 3.63) is 89.5 Å². The minimum atomic E-state index is -0.350. The highest BCUT2D eigenvalue weighted by atomic mass is 16.1. The first-order chi connectivity index (χ1) is 13.7. The topological polar surface area (TPSA) is 68.7 Å². The van der Waals surface area contributed by atoms with Crippen LogP contribution in [0.4, 0.5) is 0 Å². The lowest BCUT2D eigenvalue weighted by Gasteiger charge is -2.05. The van der Waals surface area contributed by atoms with Crippen molar-refractivity contribution >= 4 is 33.8 Å². The Hall–Kier alpha value is -3.84. The number of rotatable bonds is 5. The highest BCUT2D eigenvalue weighted by Crippen LogP contribution is 2.26. The number of carbonyl (C=O) groups excluding carboxylic acids is 1. The molecule has 28 heavy (non-hydrogen) atoms. The summed E-state index contributed by atoms with van der Waals surface area (Å²) in [6.45, 7) is 0.489. The van der Waals surface area contributed by atoms with E-state index in [1.165, 1.54) is 0 Å². The largest absolute Gasteiger partial charge is 0.355 e. The first-order valence-corrected chi connectivity index (χ1v) is 9.19. The van der Waals surface area contributed by atoms with Crippen molar-refractivity contribution in [2.75, 3.05) is 6.54 Å². The van der Waals surface area contributed by atoms with E-state index in [1.54, 1.807) is 6.08 Å². The van der Waals surface area contributed by atoms with Crippen LogP contribution in [0.25, 0.3) is 27.9 Å². The van der Waals surface area contributed by atoms with Gasteiger partial charge in [-0.2, -0.15) is 5.26 Å². The normalized spacial score (nSPS) is 11.5. The van der Waals surface area contributed by atoms with Crippen LogP contribution in [-0.2, 0) is 11.2 Å². The molecular formula is C24H19N3O. The number of aromatic amines is 1. The highest BCUT2D eigenvalue weighted by molar-refractivity contribution is 6.08. The molecule has 0 aliphatic heterocycles. The number of hydrogen-bond acceptors (Lipinski definition) is 2. The molecule has 0 aliphatic rings. The zero-order valence-electron chi connectivity index (χ0n) is 15.3. The molecule has 4 heteroatoms. The molecule has 3 aromatic carbocycles. The molecule has 4 nitrogen and oxygen atoms in total. The summed E-state index contributed by atoms with van der Waals surface area (Å²) < 4.78 is 0. The van der Waals surface area contributed by atoms with Crippen molar-refractivity contribution in [2.24, 2.45) is 0 Å². The minimum absolute atomic E-state index is 0.104. The van der Waals surface area contributed by atoms with Crippen LogP contribution in [0.15, 0.2) is 78.4 Å². The second-order valence-corrected chi connectivity index (χ2v) is 6.64. The Labute approximate surface area is 163 Å². The number of benzene rings is 3. The van der Waals surface area contributed by atoms with Crippen LogP contribution in [0.2, 0.25) is 0 Å². The van der Waals surface area contributed by atoms with Gasteiger partial charge in [-0.25, -0.2) is 0 Å². The second kappa shape index (κ2) is 7.81. The molecule has 1 amide bonds. The van der Waals surface area contributed by atoms with E-state index in [-0.39, 0.29) is 11.5 Å². The van der Waals surface area contributed by atoms with Gasteiger partial charge in [-0.05, 0) is 41.8 Å². The molecule has 2 N–H and O–H groups in total. The van der Waals surface area contributed by atoms with Gasteiger partial charge in [0.2, 0.25) is 0 Å². The van der Waals surface area contributed by atoms with E-state index in [0.29, 0.717) is 6.54 Å². The van der Waals surface area contributed by atoms with E-state index in [2.05, 4.69) is 16.4 Å². The van der Waals surface area contributed by atoms with Gasteiger partial charge in [0, 0.05) is 28.4 Å². The summed E-state index contributed by atoms with van der Waals surface area (Å²) in [4.78, 5) is 15.8. The summed E-state index contributed by atoms with van der Waals surface area (Å²) in [6.07, 6.45) is 2.37. The zero-order valence-corrected chi connectivity index (χ0v) is 15.3. The van der Waals surface area contributed by atoms with Crippen LogP contribution >= 0.6 is 0 Å². The van der Waals surface area contributed by atoms with E-state index >= 15 is 0 Å². The zero-order chi connectivity index (χ0) is 19.3. The molecule has 0 unspecified atom stereocenters. The van der Waals surface area contributed by atoms with Gasteiger partial charge in [-0.3, -0.25) is 4.79 Å². The molecule has 4 rings (SSSR count). The van der Waals surface area contributed by atoms with Gasteiger partial charge in [0.25, 0.3) is 5.91 Å². The molecule has 1 aromatic heterocycles. The first kappa shape index (κ1) is 17.6. The number of carbonyl (C=O) groups is 1. The lowest BCUT2D eigenvalue weighted by molar-refractivity contribution is -0.117. The fourth-order valence-electron chi connectivity index (χ4n) is 3.33. The molecule has 0 fully saturated rings. The van der Waals surface area contributed by atoms with Gasteiger partial charge in [-0.1, -0.05) is 54.6 Å². The lowest BCUT2D eigenvalue weighted by Crippen LogP contribution is -2.26. The fraction of sp³-hybridized carbons (Fsp3) is 0.0833. The fourth-order valence-corrected chi connectivity index (χ4v) is 3.33. The van der Waals surface area contributed by atoms with Gasteiger partial charge in [0.1, 0.15) is 11.6 Å². The van der Waals surface area contributed by atoms with E-state index in [9.17, 15) is 10.1 Å². The molecule has 0 spiro atoms. The maximum atomic E-state index is 12.4. The SMILES string of the molecule is N#C/C(=C\c1ccc2[nH]c3ccccc3c2c1)C(=O)NCCc1ccccc1. The van der Waals surface area contributed by atoms with Crippen LogP contribution in [0.1, 0.15) is 11.1 Å². The van der Waals surface area contributed by atoms with Gasteiger partial charge < -0.3 is 10.3 Å². The predicted molar refractivity (Wildman–Crippen MR) is 113 cm³/mol. The standard InChI is InChI=1S/C24H19N3O/c25-16-19(24(28)26-13-12-17-6-2-1-3-7-17)14-18-10-11-23-21(15-18)20-8-4-5-9-22(20)27-23/h1-11,14-15,27H,12-13H2,(H,26,28)/b19-14+. The van der Waals surface area contributed by atoms with Gasteiger partial charge in [-0.15, -0.1) is 0 Å². The third-order valence-corrected chi connectivity index (χ3v) is 4.75. The van der Waals surface area contributed by atoms with Gasteiger partial charge >= 0.3 is 0 Å². The minimum Gasteiger partial charge on any atom is -0.355 e. The maximum Gasteiger partial charge on any atom is 0.261 e. The number of nitrogens with one attached hydrogen (secondary N) is 2. The number of para-hydroxylation sites is 1. The second-order valence-electron chi connectivity index (χ2n) is 6.64. The summed E-state index contributed by atoms with van der Waals surface area (Å²) in [5.41, 5.74) is 4.18. The molecule has 0 bridgehead atoms. The van der Waals surface area contributed by atoms with Crippen molar-refractivity contribution in [3.63, 3.8) is 0 Å². The predicted octanol–water partition coefficient (Wildman–Crippen LogP) is 4.59. The quantitative estimate of drug-likeness (QED) is 0.401. The van der Waals surface area contributed by atoms with Crippen LogP contribution in [0.3, 0.4) is 0 Å². The number of H-pyrrole nitrogens is 1. The van der Waals surface area contributed by atoms with Crippen LogP contribution in [-0.4, -0.2) is 17.4 Å².